The van der Waals surface area contributed by atoms with Crippen molar-refractivity contribution in [3.8, 4) is 0 Å². The van der Waals surface area contributed by atoms with Crippen molar-refractivity contribution in [1.82, 2.24) is 4.98 Å². The van der Waals surface area contributed by atoms with Crippen molar-refractivity contribution in [2.45, 2.75) is 6.92 Å². The molecule has 2 N–H and O–H groups in total. The summed E-state index contributed by atoms with van der Waals surface area (Å²) in [7, 11) is 1.70. The summed E-state index contributed by atoms with van der Waals surface area (Å²) in [6.07, 6.45) is 3.06. The van der Waals surface area contributed by atoms with Crippen LogP contribution in [0.2, 0.25) is 0 Å². The molecule has 4 nitrogen and oxygen atoms in total. The molecule has 5 heteroatoms. The van der Waals surface area contributed by atoms with Gasteiger partial charge in [0, 0.05) is 13.2 Å². The number of benzene rings is 1. The van der Waals surface area contributed by atoms with E-state index >= 15 is 0 Å². The Morgan fingerprint density at radius 3 is 2.79 bits per heavy atom. The number of carbonyl (C=O) groups is 1. The Balaban J connectivity index is 2.31. The summed E-state index contributed by atoms with van der Waals surface area (Å²) in [5.41, 5.74) is 1.88. The molecule has 0 fully saturated rings. The van der Waals surface area contributed by atoms with Crippen LogP contribution in [0.25, 0.3) is 0 Å². The largest absolute Gasteiger partial charge is 0.386 e. The molecule has 0 aliphatic rings. The fourth-order valence-corrected chi connectivity index (χ4v) is 1.76. The monoisotopic (exact) mass is 259 g/mol. The van der Waals surface area contributed by atoms with E-state index in [0.29, 0.717) is 16.8 Å². The number of rotatable bonds is 3. The molecule has 0 aliphatic carbocycles. The molecule has 1 heterocycles. The third-order valence-electron chi connectivity index (χ3n) is 2.80. The standard InChI is InChI=1S/C14H14FN3O/c1-9-4-3-5-11(15)13(9)18-14(19)10-6-7-17-8-12(10)16-2/h3-8,16H,1-2H3,(H,18,19). The molecule has 98 valence electrons. The van der Waals surface area contributed by atoms with Gasteiger partial charge in [-0.1, -0.05) is 12.1 Å². The van der Waals surface area contributed by atoms with Gasteiger partial charge in [-0.2, -0.15) is 0 Å². The van der Waals surface area contributed by atoms with Crippen LogP contribution in [0.3, 0.4) is 0 Å². The number of halogens is 1. The summed E-state index contributed by atoms with van der Waals surface area (Å²) in [6, 6.07) is 6.24. The molecule has 0 saturated heterocycles. The van der Waals surface area contributed by atoms with Crippen LogP contribution in [0.15, 0.2) is 36.7 Å². The first-order valence-corrected chi connectivity index (χ1v) is 5.81. The second kappa shape index (κ2) is 5.48. The van der Waals surface area contributed by atoms with Crippen molar-refractivity contribution in [3.63, 3.8) is 0 Å². The highest BCUT2D eigenvalue weighted by Gasteiger charge is 2.14. The lowest BCUT2D eigenvalue weighted by Crippen LogP contribution is -2.15. The first kappa shape index (κ1) is 13.0. The Bertz CT molecular complexity index is 593. The normalized spacial score (nSPS) is 10.1. The summed E-state index contributed by atoms with van der Waals surface area (Å²) in [5.74, 6) is -0.826. The number of nitrogens with zero attached hydrogens (tertiary/aromatic N) is 1. The van der Waals surface area contributed by atoms with Crippen molar-refractivity contribution in [3.05, 3.63) is 53.6 Å². The number of carbonyl (C=O) groups excluding carboxylic acids is 1. The Kier molecular flexibility index (Phi) is 3.75. The van der Waals surface area contributed by atoms with E-state index in [-0.39, 0.29) is 11.6 Å². The highest BCUT2D eigenvalue weighted by atomic mass is 19.1. The molecule has 0 radical (unpaired) electrons. The minimum Gasteiger partial charge on any atom is -0.386 e. The van der Waals surface area contributed by atoms with Crippen LogP contribution >= 0.6 is 0 Å². The highest BCUT2D eigenvalue weighted by Crippen LogP contribution is 2.21. The Hall–Kier alpha value is -2.43. The van der Waals surface area contributed by atoms with Gasteiger partial charge in [0.05, 0.1) is 23.1 Å². The summed E-state index contributed by atoms with van der Waals surface area (Å²) in [4.78, 5) is 16.1. The van der Waals surface area contributed by atoms with Gasteiger partial charge in [-0.25, -0.2) is 4.39 Å². The number of aryl methyl sites for hydroxylation is 1. The van der Waals surface area contributed by atoms with Gasteiger partial charge in [-0.05, 0) is 24.6 Å². The maximum absolute atomic E-state index is 13.7. The van der Waals surface area contributed by atoms with Crippen molar-refractivity contribution in [1.29, 1.82) is 0 Å². The van der Waals surface area contributed by atoms with Crippen molar-refractivity contribution < 1.29 is 9.18 Å². The van der Waals surface area contributed by atoms with Crippen LogP contribution in [0.1, 0.15) is 15.9 Å². The maximum Gasteiger partial charge on any atom is 0.257 e. The molecular weight excluding hydrogens is 245 g/mol. The molecule has 1 amide bonds. The first-order chi connectivity index (χ1) is 9.13. The third kappa shape index (κ3) is 2.70. The summed E-state index contributed by atoms with van der Waals surface area (Å²) in [5, 5.41) is 5.46. The molecule has 0 bridgehead atoms. The van der Waals surface area contributed by atoms with Gasteiger partial charge in [0.15, 0.2) is 0 Å². The van der Waals surface area contributed by atoms with E-state index in [9.17, 15) is 9.18 Å². The number of aromatic nitrogens is 1. The molecule has 0 saturated carbocycles. The number of amides is 1. The number of hydrogen-bond donors (Lipinski definition) is 2. The SMILES string of the molecule is CNc1cnccc1C(=O)Nc1c(C)cccc1F. The molecule has 2 rings (SSSR count). The molecular formula is C14H14FN3O. The molecule has 2 aromatic rings. The first-order valence-electron chi connectivity index (χ1n) is 5.81. The average Bonchev–Trinajstić information content (AvgIpc) is 2.42. The minimum atomic E-state index is -0.451. The molecule has 1 aromatic carbocycles. The van der Waals surface area contributed by atoms with Gasteiger partial charge < -0.3 is 10.6 Å². The minimum absolute atomic E-state index is 0.200. The van der Waals surface area contributed by atoms with Gasteiger partial charge in [-0.15, -0.1) is 0 Å². The number of pyridine rings is 1. The van der Waals surface area contributed by atoms with Gasteiger partial charge in [0.2, 0.25) is 0 Å². The van der Waals surface area contributed by atoms with Crippen molar-refractivity contribution in [2.75, 3.05) is 17.7 Å². The Morgan fingerprint density at radius 1 is 1.32 bits per heavy atom. The fourth-order valence-electron chi connectivity index (χ4n) is 1.76. The predicted octanol–water partition coefficient (Wildman–Crippen LogP) is 2.82. The lowest BCUT2D eigenvalue weighted by atomic mass is 10.1. The van der Waals surface area contributed by atoms with E-state index in [1.54, 1.807) is 38.4 Å². The lowest BCUT2D eigenvalue weighted by molar-refractivity contribution is 0.102. The van der Waals surface area contributed by atoms with E-state index in [2.05, 4.69) is 15.6 Å². The Labute approximate surface area is 110 Å². The van der Waals surface area contributed by atoms with Gasteiger partial charge in [0.1, 0.15) is 5.82 Å². The van der Waals surface area contributed by atoms with Crippen LogP contribution in [0, 0.1) is 12.7 Å². The molecule has 0 aliphatic heterocycles. The van der Waals surface area contributed by atoms with Crippen molar-refractivity contribution >= 4 is 17.3 Å². The number of anilines is 2. The zero-order chi connectivity index (χ0) is 13.8. The van der Waals surface area contributed by atoms with Crippen LogP contribution in [-0.2, 0) is 0 Å². The molecule has 0 unspecified atom stereocenters. The molecule has 1 aromatic heterocycles. The van der Waals surface area contributed by atoms with Crippen LogP contribution < -0.4 is 10.6 Å². The summed E-state index contributed by atoms with van der Waals surface area (Å²) < 4.78 is 13.7. The third-order valence-corrected chi connectivity index (χ3v) is 2.80. The quantitative estimate of drug-likeness (QED) is 0.891. The van der Waals surface area contributed by atoms with E-state index in [0.717, 1.165) is 0 Å². The zero-order valence-corrected chi connectivity index (χ0v) is 10.7. The smallest absolute Gasteiger partial charge is 0.257 e. The fraction of sp³-hybridized carbons (Fsp3) is 0.143. The molecule has 0 spiro atoms. The van der Waals surface area contributed by atoms with Gasteiger partial charge in [-0.3, -0.25) is 9.78 Å². The highest BCUT2D eigenvalue weighted by molar-refractivity contribution is 6.08. The second-order valence-corrected chi connectivity index (χ2v) is 4.06. The van der Waals surface area contributed by atoms with E-state index in [1.165, 1.54) is 12.3 Å². The Morgan fingerprint density at radius 2 is 2.11 bits per heavy atom. The lowest BCUT2D eigenvalue weighted by Gasteiger charge is -2.11. The molecule has 0 atom stereocenters. The molecule has 19 heavy (non-hydrogen) atoms. The van der Waals surface area contributed by atoms with Crippen LogP contribution in [0.4, 0.5) is 15.8 Å². The topological polar surface area (TPSA) is 54.0 Å². The van der Waals surface area contributed by atoms with Crippen LogP contribution in [0.5, 0.6) is 0 Å². The average molecular weight is 259 g/mol. The number of nitrogens with one attached hydrogen (secondary N) is 2. The maximum atomic E-state index is 13.7. The van der Waals surface area contributed by atoms with Gasteiger partial charge >= 0.3 is 0 Å². The number of hydrogen-bond acceptors (Lipinski definition) is 3. The summed E-state index contributed by atoms with van der Waals surface area (Å²) in [6.45, 7) is 1.74. The van der Waals surface area contributed by atoms with Gasteiger partial charge in [0.25, 0.3) is 5.91 Å². The summed E-state index contributed by atoms with van der Waals surface area (Å²) >= 11 is 0. The van der Waals surface area contributed by atoms with E-state index in [1.807, 2.05) is 0 Å². The van der Waals surface area contributed by atoms with E-state index in [4.69, 9.17) is 0 Å². The predicted molar refractivity (Wildman–Crippen MR) is 72.9 cm³/mol. The van der Waals surface area contributed by atoms with Crippen LogP contribution in [-0.4, -0.2) is 17.9 Å². The van der Waals surface area contributed by atoms with E-state index < -0.39 is 5.82 Å². The second-order valence-electron chi connectivity index (χ2n) is 4.06. The van der Waals surface area contributed by atoms with Crippen molar-refractivity contribution in [2.24, 2.45) is 0 Å². The zero-order valence-electron chi connectivity index (χ0n) is 10.7. The number of para-hydroxylation sites is 1.